The molecule has 1 heterocycles. The Bertz CT molecular complexity index is 1860. The largest absolute Gasteiger partial charge is 0.392 e. The zero-order valence-corrected chi connectivity index (χ0v) is 32.4. The summed E-state index contributed by atoms with van der Waals surface area (Å²) in [4.78, 5) is 15.5. The molecule has 8 nitrogen and oxygen atoms in total. The Morgan fingerprint density at radius 1 is 0.836 bits per heavy atom. The van der Waals surface area contributed by atoms with E-state index in [4.69, 9.17) is 9.47 Å². The summed E-state index contributed by atoms with van der Waals surface area (Å²) in [6.07, 6.45) is 5.78. The molecule has 4 aromatic rings. The van der Waals surface area contributed by atoms with Gasteiger partial charge >= 0.3 is 6.03 Å². The van der Waals surface area contributed by atoms with Crippen LogP contribution in [0.3, 0.4) is 0 Å². The second kappa shape index (κ2) is 16.2. The third-order valence-electron chi connectivity index (χ3n) is 13.3. The van der Waals surface area contributed by atoms with Gasteiger partial charge in [0.25, 0.3) is 0 Å². The number of carbonyl (C=O) groups excluding carboxylic acids is 1. The van der Waals surface area contributed by atoms with E-state index in [1.807, 2.05) is 80.7 Å². The highest BCUT2D eigenvalue weighted by molar-refractivity contribution is 5.76. The molecule has 6 atom stereocenters. The first-order valence-electron chi connectivity index (χ1n) is 20.3. The summed E-state index contributed by atoms with van der Waals surface area (Å²) in [7, 11) is 2.04. The molecule has 1 aliphatic heterocycles. The minimum absolute atomic E-state index is 0.0112. The van der Waals surface area contributed by atoms with Crippen molar-refractivity contribution in [1.82, 2.24) is 15.5 Å². The van der Waals surface area contributed by atoms with Gasteiger partial charge in [0.1, 0.15) is 0 Å². The van der Waals surface area contributed by atoms with Crippen LogP contribution in [0.25, 0.3) is 11.1 Å². The van der Waals surface area contributed by atoms with Gasteiger partial charge in [0, 0.05) is 36.2 Å². The average Bonchev–Trinajstić information content (AvgIpc) is 3.20. The number of aliphatic hydroxyl groups is 2. The van der Waals surface area contributed by atoms with E-state index in [0.29, 0.717) is 13.1 Å². The lowest BCUT2D eigenvalue weighted by atomic mass is 9.53. The van der Waals surface area contributed by atoms with E-state index in [9.17, 15) is 15.0 Å². The molecule has 1 saturated heterocycles. The van der Waals surface area contributed by atoms with Crippen LogP contribution >= 0.6 is 0 Å². The predicted octanol–water partition coefficient (Wildman–Crippen LogP) is 8.46. The summed E-state index contributed by atoms with van der Waals surface area (Å²) < 4.78 is 13.5. The van der Waals surface area contributed by atoms with Crippen molar-refractivity contribution in [2.24, 2.45) is 23.7 Å². The van der Waals surface area contributed by atoms with Gasteiger partial charge in [-0.05, 0) is 104 Å². The summed E-state index contributed by atoms with van der Waals surface area (Å²) in [6.45, 7) is 5.25. The van der Waals surface area contributed by atoms with Gasteiger partial charge < -0.3 is 30.3 Å². The summed E-state index contributed by atoms with van der Waals surface area (Å²) in [5, 5.41) is 27.6. The molecule has 9 rings (SSSR count). The van der Waals surface area contributed by atoms with Gasteiger partial charge in [-0.25, -0.2) is 4.79 Å². The van der Waals surface area contributed by atoms with Crippen LogP contribution in [0, 0.1) is 23.7 Å². The number of aliphatic hydroxyl groups excluding tert-OH is 2. The maximum absolute atomic E-state index is 13.3. The number of hydrogen-bond acceptors (Lipinski definition) is 6. The number of nitrogens with one attached hydrogen (secondary N) is 2. The van der Waals surface area contributed by atoms with Crippen LogP contribution in [0.4, 0.5) is 4.79 Å². The standard InChI is InChI=1S/C47H57N3O5/c1-30-42(28-50(3)31(2)43(52)37-9-5-4-6-10-37)54-45(55-44(30)38-15-13-32(29-51)14-16-38)39-19-17-36(18-20-39)41-12-8-7-11-40(41)27-48-46(53)49-47-24-33-21-34(25-47)23-35(22-33)26-47/h4-20,30-31,33-35,42-45,51-52H,21-29H2,1-3H3,(H2,48,49,53)/t30-,31+,33?,34?,35?,42+,43+,44+,45+,47?/m0/s1. The molecule has 4 aromatic carbocycles. The number of urea groups is 1. The van der Waals surface area contributed by atoms with Crippen LogP contribution in [0.2, 0.25) is 0 Å². The van der Waals surface area contributed by atoms with E-state index < -0.39 is 12.4 Å². The highest BCUT2D eigenvalue weighted by Gasteiger charge is 2.51. The van der Waals surface area contributed by atoms with Gasteiger partial charge in [0.05, 0.1) is 24.9 Å². The third kappa shape index (κ3) is 8.25. The Labute approximate surface area is 326 Å². The lowest BCUT2D eigenvalue weighted by Crippen LogP contribution is -2.61. The Morgan fingerprint density at radius 3 is 2.11 bits per heavy atom. The van der Waals surface area contributed by atoms with Crippen LogP contribution in [0.1, 0.15) is 98.7 Å². The maximum atomic E-state index is 13.3. The number of nitrogens with zero attached hydrogens (tertiary/aromatic N) is 1. The number of ether oxygens (including phenoxy) is 2. The lowest BCUT2D eigenvalue weighted by Gasteiger charge is -2.56. The second-order valence-electron chi connectivity index (χ2n) is 17.1. The lowest BCUT2D eigenvalue weighted by molar-refractivity contribution is -0.276. The number of likely N-dealkylation sites (N-methyl/N-ethyl adjacent to an activating group) is 1. The molecule has 0 spiro atoms. The minimum atomic E-state index is -0.638. The van der Waals surface area contributed by atoms with Crippen LogP contribution in [0.5, 0.6) is 0 Å². The minimum Gasteiger partial charge on any atom is -0.392 e. The van der Waals surface area contributed by atoms with E-state index >= 15 is 0 Å². The first-order valence-corrected chi connectivity index (χ1v) is 20.3. The number of amides is 2. The molecule has 0 radical (unpaired) electrons. The molecule has 55 heavy (non-hydrogen) atoms. The van der Waals surface area contributed by atoms with Crippen molar-refractivity contribution < 1.29 is 24.5 Å². The fraction of sp³-hybridized carbons (Fsp3) is 0.468. The zero-order valence-electron chi connectivity index (χ0n) is 32.4. The maximum Gasteiger partial charge on any atom is 0.315 e. The van der Waals surface area contributed by atoms with Crippen molar-refractivity contribution in [2.75, 3.05) is 13.6 Å². The van der Waals surface area contributed by atoms with Crippen molar-refractivity contribution in [1.29, 1.82) is 0 Å². The van der Waals surface area contributed by atoms with Gasteiger partial charge in [-0.1, -0.05) is 110 Å². The van der Waals surface area contributed by atoms with Crippen LogP contribution in [-0.2, 0) is 22.6 Å². The van der Waals surface area contributed by atoms with Crippen LogP contribution < -0.4 is 10.6 Å². The fourth-order valence-corrected chi connectivity index (χ4v) is 10.4. The molecule has 4 N–H and O–H groups in total. The number of hydrogen-bond donors (Lipinski definition) is 4. The Kier molecular flexibility index (Phi) is 11.2. The van der Waals surface area contributed by atoms with Gasteiger partial charge in [-0.15, -0.1) is 0 Å². The average molecular weight is 744 g/mol. The summed E-state index contributed by atoms with van der Waals surface area (Å²) in [5.41, 5.74) is 6.88. The number of rotatable bonds is 12. The SMILES string of the molecule is C[C@H]1[C@@H](CN(C)[C@H](C)[C@@H](O)c2ccccc2)O[C@@H](c2ccc(-c3ccccc3CNC(=O)NC34CC5CC(CC(C5)C3)C4)cc2)O[C@H]1c1ccc(CO)cc1. The normalized spacial score (nSPS) is 29.5. The first-order chi connectivity index (χ1) is 26.7. The topological polar surface area (TPSA) is 103 Å². The summed E-state index contributed by atoms with van der Waals surface area (Å²) in [5.74, 6) is 2.35. The molecule has 2 amide bonds. The van der Waals surface area contributed by atoms with Crippen molar-refractivity contribution in [3.05, 3.63) is 131 Å². The van der Waals surface area contributed by atoms with E-state index in [1.54, 1.807) is 0 Å². The zero-order chi connectivity index (χ0) is 38.1. The quantitative estimate of drug-likeness (QED) is 0.116. The van der Waals surface area contributed by atoms with Crippen molar-refractivity contribution in [3.8, 4) is 11.1 Å². The van der Waals surface area contributed by atoms with Crippen LogP contribution in [-0.4, -0.2) is 52.4 Å². The highest BCUT2D eigenvalue weighted by atomic mass is 16.7. The van der Waals surface area contributed by atoms with E-state index in [2.05, 4.69) is 58.9 Å². The molecular weight excluding hydrogens is 687 g/mol. The number of benzene rings is 4. The summed E-state index contributed by atoms with van der Waals surface area (Å²) in [6, 6.07) is 34.2. The molecule has 4 aliphatic carbocycles. The van der Waals surface area contributed by atoms with E-state index in [1.165, 1.54) is 19.3 Å². The van der Waals surface area contributed by atoms with E-state index in [-0.39, 0.29) is 42.3 Å². The van der Waals surface area contributed by atoms with Crippen molar-refractivity contribution in [2.45, 2.75) is 102 Å². The van der Waals surface area contributed by atoms with Crippen molar-refractivity contribution >= 4 is 6.03 Å². The Hall–Kier alpha value is -4.05. The first kappa shape index (κ1) is 37.9. The third-order valence-corrected chi connectivity index (χ3v) is 13.3. The molecule has 4 saturated carbocycles. The Balaban J connectivity index is 0.967. The predicted molar refractivity (Wildman–Crippen MR) is 215 cm³/mol. The fourth-order valence-electron chi connectivity index (χ4n) is 10.4. The number of carbonyl (C=O) groups is 1. The molecule has 290 valence electrons. The molecule has 8 heteroatoms. The molecule has 0 aromatic heterocycles. The molecule has 5 aliphatic rings. The van der Waals surface area contributed by atoms with E-state index in [0.717, 1.165) is 76.0 Å². The van der Waals surface area contributed by atoms with Gasteiger partial charge in [-0.3, -0.25) is 4.90 Å². The highest BCUT2D eigenvalue weighted by Crippen LogP contribution is 2.55. The summed E-state index contributed by atoms with van der Waals surface area (Å²) >= 11 is 0. The monoisotopic (exact) mass is 743 g/mol. The second-order valence-corrected chi connectivity index (χ2v) is 17.1. The smallest absolute Gasteiger partial charge is 0.315 e. The van der Waals surface area contributed by atoms with Gasteiger partial charge in [0.2, 0.25) is 0 Å². The van der Waals surface area contributed by atoms with Crippen molar-refractivity contribution in [3.63, 3.8) is 0 Å². The molecule has 0 unspecified atom stereocenters. The Morgan fingerprint density at radius 2 is 1.45 bits per heavy atom. The van der Waals surface area contributed by atoms with Gasteiger partial charge in [-0.2, -0.15) is 0 Å². The van der Waals surface area contributed by atoms with Gasteiger partial charge in [0.15, 0.2) is 6.29 Å². The molecular formula is C47H57N3O5. The molecule has 4 bridgehead atoms. The van der Waals surface area contributed by atoms with Crippen LogP contribution in [0.15, 0.2) is 103 Å². The molecule has 5 fully saturated rings.